The van der Waals surface area contributed by atoms with Gasteiger partial charge in [-0.05, 0) is 14.0 Å². The quantitative estimate of drug-likeness (QED) is 0.462. The first-order valence-electron chi connectivity index (χ1n) is 6.14. The Labute approximate surface area is 109 Å². The molecular formula is C12H24N2O4. The largest absolute Gasteiger partial charge is 0.464 e. The number of rotatable bonds is 9. The molecule has 0 radical (unpaired) electrons. The topological polar surface area (TPSA) is 67.9 Å². The van der Waals surface area contributed by atoms with Crippen LogP contribution in [0.15, 0.2) is 0 Å². The minimum Gasteiger partial charge on any atom is -0.464 e. The Morgan fingerprint density at radius 2 is 2.06 bits per heavy atom. The maximum atomic E-state index is 11.3. The highest BCUT2D eigenvalue weighted by molar-refractivity contribution is 5.78. The van der Waals surface area contributed by atoms with Crippen LogP contribution < -0.4 is 5.32 Å². The number of carbonyl (C=O) groups excluding carboxylic acids is 2. The molecule has 6 nitrogen and oxygen atoms in total. The lowest BCUT2D eigenvalue weighted by molar-refractivity contribution is -0.148. The summed E-state index contributed by atoms with van der Waals surface area (Å²) in [7, 11) is 3.54. The third-order valence-corrected chi connectivity index (χ3v) is 2.42. The molecule has 1 unspecified atom stereocenters. The second-order valence-corrected chi connectivity index (χ2v) is 4.14. The second-order valence-electron chi connectivity index (χ2n) is 4.14. The van der Waals surface area contributed by atoms with Gasteiger partial charge in [-0.3, -0.25) is 4.79 Å². The number of nitrogens with zero attached hydrogens (tertiary/aromatic N) is 1. The lowest BCUT2D eigenvalue weighted by Crippen LogP contribution is -2.35. The zero-order valence-electron chi connectivity index (χ0n) is 11.7. The molecule has 0 bridgehead atoms. The molecule has 0 spiro atoms. The summed E-state index contributed by atoms with van der Waals surface area (Å²) in [4.78, 5) is 24.3. The van der Waals surface area contributed by atoms with Crippen LogP contribution in [-0.2, 0) is 19.1 Å². The van der Waals surface area contributed by atoms with Crippen molar-refractivity contribution in [1.29, 1.82) is 0 Å². The highest BCUT2D eigenvalue weighted by Crippen LogP contribution is 1.97. The molecule has 18 heavy (non-hydrogen) atoms. The van der Waals surface area contributed by atoms with Gasteiger partial charge in [-0.15, -0.1) is 0 Å². The monoisotopic (exact) mass is 260 g/mol. The summed E-state index contributed by atoms with van der Waals surface area (Å²) in [6.07, 6.45) is 0. The summed E-state index contributed by atoms with van der Waals surface area (Å²) in [5.41, 5.74) is 0. The molecular weight excluding hydrogens is 236 g/mol. The van der Waals surface area contributed by atoms with E-state index in [1.54, 1.807) is 14.0 Å². The van der Waals surface area contributed by atoms with E-state index in [2.05, 4.69) is 5.32 Å². The number of nitrogens with one attached hydrogen (secondary N) is 1. The van der Waals surface area contributed by atoms with E-state index in [9.17, 15) is 9.59 Å². The Morgan fingerprint density at radius 1 is 1.39 bits per heavy atom. The van der Waals surface area contributed by atoms with Gasteiger partial charge >= 0.3 is 5.97 Å². The minimum atomic E-state index is -0.348. The number of likely N-dealkylation sites (N-methyl/N-ethyl adjacent to an activating group) is 1. The Balaban J connectivity index is 3.62. The molecule has 6 heteroatoms. The standard InChI is InChI=1S/C12H24N2O4/c1-5-18-11(15)9-17-7-6-14(4)8-10(2)12(16)13-3/h10H,5-9H2,1-4H3,(H,13,16). The first-order chi connectivity index (χ1) is 8.51. The fourth-order valence-electron chi connectivity index (χ4n) is 1.47. The predicted molar refractivity (Wildman–Crippen MR) is 68.2 cm³/mol. The van der Waals surface area contributed by atoms with Crippen molar-refractivity contribution in [1.82, 2.24) is 10.2 Å². The number of hydrogen-bond acceptors (Lipinski definition) is 5. The maximum Gasteiger partial charge on any atom is 0.332 e. The number of esters is 1. The summed E-state index contributed by atoms with van der Waals surface area (Å²) >= 11 is 0. The SMILES string of the molecule is CCOC(=O)COCCN(C)CC(C)C(=O)NC. The van der Waals surface area contributed by atoms with Gasteiger partial charge in [0.15, 0.2) is 0 Å². The zero-order chi connectivity index (χ0) is 14.0. The van der Waals surface area contributed by atoms with E-state index in [4.69, 9.17) is 9.47 Å². The van der Waals surface area contributed by atoms with Gasteiger partial charge in [-0.25, -0.2) is 4.79 Å². The zero-order valence-corrected chi connectivity index (χ0v) is 11.7. The van der Waals surface area contributed by atoms with Gasteiger partial charge < -0.3 is 19.7 Å². The Hall–Kier alpha value is -1.14. The summed E-state index contributed by atoms with van der Waals surface area (Å²) in [5, 5.41) is 2.61. The molecule has 0 aromatic carbocycles. The molecule has 0 saturated heterocycles. The highest BCUT2D eigenvalue weighted by atomic mass is 16.6. The van der Waals surface area contributed by atoms with Crippen molar-refractivity contribution in [2.75, 3.05) is 47.0 Å². The van der Waals surface area contributed by atoms with Crippen LogP contribution in [0, 0.1) is 5.92 Å². The van der Waals surface area contributed by atoms with Crippen molar-refractivity contribution >= 4 is 11.9 Å². The second kappa shape index (κ2) is 9.85. The van der Waals surface area contributed by atoms with Gasteiger partial charge in [0.1, 0.15) is 6.61 Å². The van der Waals surface area contributed by atoms with Crippen LogP contribution in [0.25, 0.3) is 0 Å². The third kappa shape index (κ3) is 8.03. The van der Waals surface area contributed by atoms with Crippen LogP contribution in [-0.4, -0.2) is 63.8 Å². The lowest BCUT2D eigenvalue weighted by Gasteiger charge is -2.20. The molecule has 1 atom stereocenters. The Kier molecular flexibility index (Phi) is 9.22. The summed E-state index contributed by atoms with van der Waals surface area (Å²) in [6.45, 7) is 5.73. The van der Waals surface area contributed by atoms with Crippen LogP contribution >= 0.6 is 0 Å². The predicted octanol–water partition coefficient (Wildman–Crippen LogP) is -0.120. The average Bonchev–Trinajstić information content (AvgIpc) is 2.33. The highest BCUT2D eigenvalue weighted by Gasteiger charge is 2.13. The maximum absolute atomic E-state index is 11.3. The molecule has 0 aliphatic carbocycles. The van der Waals surface area contributed by atoms with Crippen molar-refractivity contribution in [2.45, 2.75) is 13.8 Å². The lowest BCUT2D eigenvalue weighted by atomic mass is 10.1. The molecule has 106 valence electrons. The van der Waals surface area contributed by atoms with E-state index in [0.29, 0.717) is 26.3 Å². The molecule has 0 aromatic heterocycles. The van der Waals surface area contributed by atoms with Crippen LogP contribution in [0.1, 0.15) is 13.8 Å². The van der Waals surface area contributed by atoms with Crippen LogP contribution in [0.5, 0.6) is 0 Å². The van der Waals surface area contributed by atoms with Gasteiger partial charge in [-0.2, -0.15) is 0 Å². The smallest absolute Gasteiger partial charge is 0.332 e. The Morgan fingerprint density at radius 3 is 2.61 bits per heavy atom. The van der Waals surface area contributed by atoms with Gasteiger partial charge in [-0.1, -0.05) is 6.92 Å². The van der Waals surface area contributed by atoms with Crippen LogP contribution in [0.2, 0.25) is 0 Å². The molecule has 1 N–H and O–H groups in total. The number of hydrogen-bond donors (Lipinski definition) is 1. The van der Waals surface area contributed by atoms with Gasteiger partial charge in [0.2, 0.25) is 5.91 Å². The minimum absolute atomic E-state index is 0.0212. The van der Waals surface area contributed by atoms with Crippen molar-refractivity contribution < 1.29 is 19.1 Å². The third-order valence-electron chi connectivity index (χ3n) is 2.42. The van der Waals surface area contributed by atoms with E-state index in [1.165, 1.54) is 0 Å². The average molecular weight is 260 g/mol. The van der Waals surface area contributed by atoms with Crippen molar-refractivity contribution in [3.63, 3.8) is 0 Å². The van der Waals surface area contributed by atoms with E-state index in [1.807, 2.05) is 18.9 Å². The van der Waals surface area contributed by atoms with Gasteiger partial charge in [0, 0.05) is 26.1 Å². The first-order valence-corrected chi connectivity index (χ1v) is 6.14. The number of amides is 1. The molecule has 0 saturated carbocycles. The molecule has 1 amide bonds. The van der Waals surface area contributed by atoms with Crippen molar-refractivity contribution in [3.05, 3.63) is 0 Å². The van der Waals surface area contributed by atoms with Crippen molar-refractivity contribution in [3.8, 4) is 0 Å². The summed E-state index contributed by atoms with van der Waals surface area (Å²) < 4.78 is 9.90. The van der Waals surface area contributed by atoms with E-state index in [-0.39, 0.29) is 24.4 Å². The normalized spacial score (nSPS) is 12.3. The van der Waals surface area contributed by atoms with E-state index >= 15 is 0 Å². The van der Waals surface area contributed by atoms with Crippen LogP contribution in [0.4, 0.5) is 0 Å². The Bertz CT molecular complexity index is 258. The molecule has 0 rings (SSSR count). The summed E-state index contributed by atoms with van der Waals surface area (Å²) in [6, 6.07) is 0. The van der Waals surface area contributed by atoms with Crippen LogP contribution in [0.3, 0.4) is 0 Å². The molecule has 0 aliphatic heterocycles. The molecule has 0 aromatic rings. The molecule has 0 heterocycles. The van der Waals surface area contributed by atoms with E-state index < -0.39 is 0 Å². The fourth-order valence-corrected chi connectivity index (χ4v) is 1.47. The van der Waals surface area contributed by atoms with Crippen molar-refractivity contribution in [2.24, 2.45) is 5.92 Å². The van der Waals surface area contributed by atoms with Gasteiger partial charge in [0.25, 0.3) is 0 Å². The fraction of sp³-hybridized carbons (Fsp3) is 0.833. The van der Waals surface area contributed by atoms with Gasteiger partial charge in [0.05, 0.1) is 13.2 Å². The van der Waals surface area contributed by atoms with E-state index in [0.717, 1.165) is 0 Å². The number of carbonyl (C=O) groups is 2. The molecule has 0 aliphatic rings. The molecule has 0 fully saturated rings. The summed E-state index contributed by atoms with van der Waals surface area (Å²) in [5.74, 6) is -0.391. The first kappa shape index (κ1) is 16.9. The number of ether oxygens (including phenoxy) is 2.